The normalized spacial score (nSPS) is 12.5. The first kappa shape index (κ1) is 20.6. The molecule has 0 atom stereocenters. The maximum absolute atomic E-state index is 12.3. The van der Waals surface area contributed by atoms with Crippen LogP contribution in [0.15, 0.2) is 53.4 Å². The van der Waals surface area contributed by atoms with E-state index >= 15 is 0 Å². The van der Waals surface area contributed by atoms with Crippen LogP contribution in [0.5, 0.6) is 0 Å². The Bertz CT molecular complexity index is 936. The first-order valence-electron chi connectivity index (χ1n) is 8.15. The molecule has 8 heteroatoms. The summed E-state index contributed by atoms with van der Waals surface area (Å²) in [6.45, 7) is 4.08. The lowest BCUT2D eigenvalue weighted by Gasteiger charge is -2.20. The van der Waals surface area contributed by atoms with Gasteiger partial charge < -0.3 is 0 Å². The van der Waals surface area contributed by atoms with Crippen LogP contribution >= 0.6 is 0 Å². The molecule has 0 aliphatic heterocycles. The number of sulfonamides is 2. The Morgan fingerprint density at radius 1 is 0.846 bits per heavy atom. The summed E-state index contributed by atoms with van der Waals surface area (Å²) in [6.07, 6.45) is 1.12. The minimum Gasteiger partial charge on any atom is -0.212 e. The van der Waals surface area contributed by atoms with Gasteiger partial charge in [0.1, 0.15) is 0 Å². The molecule has 0 aliphatic carbocycles. The third-order valence-corrected chi connectivity index (χ3v) is 6.66. The van der Waals surface area contributed by atoms with Gasteiger partial charge in [0.2, 0.25) is 20.0 Å². The fourth-order valence-corrected chi connectivity index (χ4v) is 4.19. The lowest BCUT2D eigenvalue weighted by molar-refractivity contribution is 0.412. The molecule has 2 aromatic carbocycles. The average Bonchev–Trinajstić information content (AvgIpc) is 2.55. The summed E-state index contributed by atoms with van der Waals surface area (Å²) in [6, 6.07) is 14.0. The van der Waals surface area contributed by atoms with Crippen LogP contribution in [0.2, 0.25) is 0 Å². The Balaban J connectivity index is 2.03. The second-order valence-electron chi connectivity index (χ2n) is 6.29. The van der Waals surface area contributed by atoms with Crippen molar-refractivity contribution >= 4 is 20.0 Å². The minimum atomic E-state index is -3.67. The van der Waals surface area contributed by atoms with Gasteiger partial charge in [0.15, 0.2) is 0 Å². The predicted molar refractivity (Wildman–Crippen MR) is 103 cm³/mol. The molecule has 0 fully saturated rings. The van der Waals surface area contributed by atoms with Gasteiger partial charge in [-0.15, -0.1) is 0 Å². The van der Waals surface area contributed by atoms with Gasteiger partial charge in [-0.3, -0.25) is 0 Å². The average molecular weight is 397 g/mol. The highest BCUT2D eigenvalue weighted by Gasteiger charge is 2.19. The second kappa shape index (κ2) is 8.30. The van der Waals surface area contributed by atoms with Gasteiger partial charge in [-0.25, -0.2) is 21.6 Å². The van der Waals surface area contributed by atoms with Crippen molar-refractivity contribution in [1.29, 1.82) is 0 Å². The lowest BCUT2D eigenvalue weighted by Crippen LogP contribution is -2.37. The minimum absolute atomic E-state index is 0.00482. The van der Waals surface area contributed by atoms with E-state index in [0.29, 0.717) is 0 Å². The standard InChI is InChI=1S/C18H24N2O4S2/c1-15-4-8-17(9-5-15)14-20(25(3,21)22)13-12-19-26(23,24)18-10-6-16(2)7-11-18/h4-11,19H,12-14H2,1-3H3. The van der Waals surface area contributed by atoms with Gasteiger partial charge >= 0.3 is 0 Å². The van der Waals surface area contributed by atoms with E-state index in [9.17, 15) is 16.8 Å². The molecule has 0 saturated carbocycles. The van der Waals surface area contributed by atoms with Crippen molar-refractivity contribution in [3.63, 3.8) is 0 Å². The quantitative estimate of drug-likeness (QED) is 0.740. The molecule has 6 nitrogen and oxygen atoms in total. The maximum atomic E-state index is 12.3. The van der Waals surface area contributed by atoms with Crippen molar-refractivity contribution in [1.82, 2.24) is 9.03 Å². The lowest BCUT2D eigenvalue weighted by atomic mass is 10.1. The Hall–Kier alpha value is -1.74. The highest BCUT2D eigenvalue weighted by atomic mass is 32.2. The molecule has 2 aromatic rings. The third-order valence-electron chi connectivity index (χ3n) is 3.93. The molecule has 0 aliphatic rings. The summed E-state index contributed by atoms with van der Waals surface area (Å²) in [7, 11) is -7.13. The molecule has 142 valence electrons. The summed E-state index contributed by atoms with van der Waals surface area (Å²) < 4.78 is 52.3. The number of hydrogen-bond donors (Lipinski definition) is 1. The van der Waals surface area contributed by atoms with E-state index in [-0.39, 0.29) is 24.5 Å². The number of aryl methyl sites for hydroxylation is 2. The monoisotopic (exact) mass is 396 g/mol. The zero-order chi connectivity index (χ0) is 19.4. The number of hydrogen-bond acceptors (Lipinski definition) is 4. The van der Waals surface area contributed by atoms with Crippen LogP contribution in [0.3, 0.4) is 0 Å². The van der Waals surface area contributed by atoms with E-state index < -0.39 is 20.0 Å². The molecule has 0 radical (unpaired) electrons. The van der Waals surface area contributed by atoms with Crippen molar-refractivity contribution in [2.45, 2.75) is 25.3 Å². The molecule has 0 spiro atoms. The number of nitrogens with one attached hydrogen (secondary N) is 1. The van der Waals surface area contributed by atoms with Gasteiger partial charge in [-0.05, 0) is 31.5 Å². The topological polar surface area (TPSA) is 83.6 Å². The van der Waals surface area contributed by atoms with Crippen LogP contribution in [0, 0.1) is 13.8 Å². The van der Waals surface area contributed by atoms with Crippen LogP contribution < -0.4 is 4.72 Å². The first-order valence-corrected chi connectivity index (χ1v) is 11.5. The number of nitrogens with zero attached hydrogens (tertiary/aromatic N) is 1. The summed E-state index contributed by atoms with van der Waals surface area (Å²) in [4.78, 5) is 0.160. The Labute approximate surface area is 156 Å². The maximum Gasteiger partial charge on any atom is 0.240 e. The molecular formula is C18H24N2O4S2. The van der Waals surface area contributed by atoms with Gasteiger partial charge in [0.05, 0.1) is 11.2 Å². The van der Waals surface area contributed by atoms with E-state index in [2.05, 4.69) is 4.72 Å². The van der Waals surface area contributed by atoms with Gasteiger partial charge in [0, 0.05) is 19.6 Å². The Morgan fingerprint density at radius 2 is 1.35 bits per heavy atom. The summed E-state index contributed by atoms with van der Waals surface area (Å²) in [5.41, 5.74) is 2.90. The Morgan fingerprint density at radius 3 is 1.85 bits per heavy atom. The molecule has 0 heterocycles. The van der Waals surface area contributed by atoms with E-state index in [1.807, 2.05) is 38.1 Å². The fourth-order valence-electron chi connectivity index (χ4n) is 2.36. The zero-order valence-corrected chi connectivity index (χ0v) is 16.8. The van der Waals surface area contributed by atoms with Crippen molar-refractivity contribution in [2.75, 3.05) is 19.3 Å². The molecule has 26 heavy (non-hydrogen) atoms. The Kier molecular flexibility index (Phi) is 6.57. The fraction of sp³-hybridized carbons (Fsp3) is 0.333. The highest BCUT2D eigenvalue weighted by molar-refractivity contribution is 7.89. The molecule has 0 amide bonds. The van der Waals surface area contributed by atoms with Gasteiger partial charge in [-0.1, -0.05) is 47.5 Å². The molecule has 1 N–H and O–H groups in total. The van der Waals surface area contributed by atoms with Crippen molar-refractivity contribution in [2.24, 2.45) is 0 Å². The molecule has 2 rings (SSSR count). The molecule has 0 aromatic heterocycles. The second-order valence-corrected chi connectivity index (χ2v) is 10.0. The third kappa shape index (κ3) is 5.91. The number of benzene rings is 2. The smallest absolute Gasteiger partial charge is 0.212 e. The van der Waals surface area contributed by atoms with E-state index in [4.69, 9.17) is 0 Å². The summed E-state index contributed by atoms with van der Waals surface area (Å²) in [5.74, 6) is 0. The van der Waals surface area contributed by atoms with Crippen LogP contribution in [0.25, 0.3) is 0 Å². The molecule has 0 bridgehead atoms. The van der Waals surface area contributed by atoms with Crippen LogP contribution in [-0.4, -0.2) is 40.5 Å². The molecule has 0 saturated heterocycles. The molecule has 0 unspecified atom stereocenters. The largest absolute Gasteiger partial charge is 0.240 e. The van der Waals surface area contributed by atoms with E-state index in [1.54, 1.807) is 12.1 Å². The van der Waals surface area contributed by atoms with Crippen LogP contribution in [0.4, 0.5) is 0 Å². The first-order chi connectivity index (χ1) is 12.1. The number of rotatable bonds is 8. The van der Waals surface area contributed by atoms with E-state index in [0.717, 1.165) is 22.9 Å². The summed E-state index contributed by atoms with van der Waals surface area (Å²) in [5, 5.41) is 0. The van der Waals surface area contributed by atoms with Gasteiger partial charge in [0.25, 0.3) is 0 Å². The van der Waals surface area contributed by atoms with Gasteiger partial charge in [-0.2, -0.15) is 4.31 Å². The highest BCUT2D eigenvalue weighted by Crippen LogP contribution is 2.11. The van der Waals surface area contributed by atoms with Crippen molar-refractivity contribution < 1.29 is 16.8 Å². The zero-order valence-electron chi connectivity index (χ0n) is 15.1. The molecular weight excluding hydrogens is 372 g/mol. The van der Waals surface area contributed by atoms with Crippen molar-refractivity contribution in [3.8, 4) is 0 Å². The SMILES string of the molecule is Cc1ccc(CN(CCNS(=O)(=O)c2ccc(C)cc2)S(C)(=O)=O)cc1. The van der Waals surface area contributed by atoms with E-state index in [1.165, 1.54) is 16.4 Å². The predicted octanol–water partition coefficient (Wildman–Crippen LogP) is 2.04. The van der Waals surface area contributed by atoms with Crippen molar-refractivity contribution in [3.05, 3.63) is 65.2 Å². The van der Waals surface area contributed by atoms with Crippen LogP contribution in [0.1, 0.15) is 16.7 Å². The van der Waals surface area contributed by atoms with Crippen LogP contribution in [-0.2, 0) is 26.6 Å². The summed E-state index contributed by atoms with van der Waals surface area (Å²) >= 11 is 0.